The van der Waals surface area contributed by atoms with Crippen LogP contribution in [0.1, 0.15) is 28.7 Å². The van der Waals surface area contributed by atoms with Crippen molar-refractivity contribution < 1.29 is 4.39 Å². The maximum absolute atomic E-state index is 13.8. The fourth-order valence-electron chi connectivity index (χ4n) is 3.20. The summed E-state index contributed by atoms with van der Waals surface area (Å²) in [6.07, 6.45) is 3.52. The van der Waals surface area contributed by atoms with E-state index in [-0.39, 0.29) is 29.8 Å². The van der Waals surface area contributed by atoms with Gasteiger partial charge in [0.15, 0.2) is 5.96 Å². The maximum atomic E-state index is 13.8. The molecule has 0 saturated heterocycles. The molecule has 26 heavy (non-hydrogen) atoms. The number of nitrogens with zero attached hydrogens (tertiary/aromatic N) is 2. The SMILES string of the molecule is CN(C)Cc1cc(CN=C(N)Nc2ccc3c(c2)CCC3)ccc1F.I. The van der Waals surface area contributed by atoms with Gasteiger partial charge in [0.25, 0.3) is 0 Å². The van der Waals surface area contributed by atoms with Gasteiger partial charge in [-0.15, -0.1) is 24.0 Å². The molecule has 1 aliphatic rings. The van der Waals surface area contributed by atoms with Gasteiger partial charge in [0, 0.05) is 17.8 Å². The molecule has 0 fully saturated rings. The minimum Gasteiger partial charge on any atom is -0.370 e. The average molecular weight is 468 g/mol. The Morgan fingerprint density at radius 2 is 1.92 bits per heavy atom. The van der Waals surface area contributed by atoms with Crippen molar-refractivity contribution in [1.29, 1.82) is 0 Å². The third-order valence-corrected chi connectivity index (χ3v) is 4.40. The second-order valence-corrected chi connectivity index (χ2v) is 6.83. The number of fused-ring (bicyclic) bond motifs is 1. The third kappa shape index (κ3) is 5.41. The summed E-state index contributed by atoms with van der Waals surface area (Å²) >= 11 is 0. The highest BCUT2D eigenvalue weighted by Crippen LogP contribution is 2.24. The molecule has 1 aliphatic carbocycles. The van der Waals surface area contributed by atoms with Crippen molar-refractivity contribution in [3.05, 3.63) is 64.5 Å². The Labute approximate surface area is 171 Å². The van der Waals surface area contributed by atoms with Crippen molar-refractivity contribution >= 4 is 35.6 Å². The van der Waals surface area contributed by atoms with Gasteiger partial charge in [0.1, 0.15) is 5.82 Å². The zero-order chi connectivity index (χ0) is 17.8. The number of halogens is 2. The molecular weight excluding hydrogens is 442 g/mol. The van der Waals surface area contributed by atoms with Gasteiger partial charge in [-0.05, 0) is 74.3 Å². The number of nitrogens with two attached hydrogens (primary N) is 1. The van der Waals surface area contributed by atoms with Crippen LogP contribution < -0.4 is 11.1 Å². The molecule has 0 aliphatic heterocycles. The molecule has 0 bridgehead atoms. The Hall–Kier alpha value is -1.67. The Morgan fingerprint density at radius 3 is 2.69 bits per heavy atom. The van der Waals surface area contributed by atoms with Gasteiger partial charge in [-0.1, -0.05) is 12.1 Å². The Kier molecular flexibility index (Phi) is 7.40. The Morgan fingerprint density at radius 1 is 1.15 bits per heavy atom. The maximum Gasteiger partial charge on any atom is 0.193 e. The number of guanidine groups is 1. The van der Waals surface area contributed by atoms with E-state index in [2.05, 4.69) is 22.4 Å². The zero-order valence-corrected chi connectivity index (χ0v) is 17.6. The molecule has 0 radical (unpaired) electrons. The number of benzene rings is 2. The number of hydrogen-bond acceptors (Lipinski definition) is 2. The Balaban J connectivity index is 0.00000243. The van der Waals surface area contributed by atoms with Crippen LogP contribution in [0.4, 0.5) is 10.1 Å². The van der Waals surface area contributed by atoms with E-state index in [1.165, 1.54) is 30.0 Å². The molecule has 0 spiro atoms. The number of aryl methyl sites for hydroxylation is 2. The third-order valence-electron chi connectivity index (χ3n) is 4.40. The zero-order valence-electron chi connectivity index (χ0n) is 15.3. The number of anilines is 1. The van der Waals surface area contributed by atoms with Gasteiger partial charge in [0.05, 0.1) is 6.54 Å². The number of aliphatic imine (C=N–C) groups is 1. The van der Waals surface area contributed by atoms with Crippen LogP contribution in [0, 0.1) is 5.82 Å². The van der Waals surface area contributed by atoms with Crippen molar-refractivity contribution in [2.75, 3.05) is 19.4 Å². The van der Waals surface area contributed by atoms with E-state index in [0.29, 0.717) is 24.6 Å². The number of hydrogen-bond donors (Lipinski definition) is 2. The predicted molar refractivity (Wildman–Crippen MR) is 117 cm³/mol. The van der Waals surface area contributed by atoms with Gasteiger partial charge >= 0.3 is 0 Å². The molecule has 0 amide bonds. The van der Waals surface area contributed by atoms with Crippen LogP contribution in [0.3, 0.4) is 0 Å². The molecule has 0 atom stereocenters. The van der Waals surface area contributed by atoms with Gasteiger partial charge in [0.2, 0.25) is 0 Å². The van der Waals surface area contributed by atoms with E-state index in [4.69, 9.17) is 5.73 Å². The fourth-order valence-corrected chi connectivity index (χ4v) is 3.20. The summed E-state index contributed by atoms with van der Waals surface area (Å²) < 4.78 is 13.8. The van der Waals surface area contributed by atoms with Crippen molar-refractivity contribution in [3.63, 3.8) is 0 Å². The molecule has 6 heteroatoms. The highest BCUT2D eigenvalue weighted by atomic mass is 127. The minimum absolute atomic E-state index is 0. The highest BCUT2D eigenvalue weighted by Gasteiger charge is 2.11. The smallest absolute Gasteiger partial charge is 0.193 e. The standard InChI is InChI=1S/C20H25FN4.HI/c1-25(2)13-17-10-14(6-9-19(17)21)12-23-20(22)24-18-8-7-15-4-3-5-16(15)11-18;/h6-11H,3-5,12-13H2,1-2H3,(H3,22,23,24);1H. The largest absolute Gasteiger partial charge is 0.370 e. The van der Waals surface area contributed by atoms with Gasteiger partial charge in [-0.25, -0.2) is 9.38 Å². The van der Waals surface area contributed by atoms with E-state index >= 15 is 0 Å². The lowest BCUT2D eigenvalue weighted by molar-refractivity contribution is 0.392. The lowest BCUT2D eigenvalue weighted by atomic mass is 10.1. The monoisotopic (exact) mass is 468 g/mol. The van der Waals surface area contributed by atoms with Crippen molar-refractivity contribution in [2.24, 2.45) is 10.7 Å². The van der Waals surface area contributed by atoms with Crippen molar-refractivity contribution in [2.45, 2.75) is 32.4 Å². The predicted octanol–water partition coefficient (Wildman–Crippen LogP) is 3.92. The van der Waals surface area contributed by atoms with E-state index in [1.54, 1.807) is 6.07 Å². The summed E-state index contributed by atoms with van der Waals surface area (Å²) in [4.78, 5) is 6.32. The second kappa shape index (κ2) is 9.32. The van der Waals surface area contributed by atoms with Crippen LogP contribution in [0.2, 0.25) is 0 Å². The molecule has 140 valence electrons. The molecule has 2 aromatic rings. The average Bonchev–Trinajstić information content (AvgIpc) is 3.03. The van der Waals surface area contributed by atoms with Crippen molar-refractivity contribution in [1.82, 2.24) is 4.90 Å². The minimum atomic E-state index is -0.189. The fraction of sp³-hybridized carbons (Fsp3) is 0.350. The van der Waals surface area contributed by atoms with E-state index in [1.807, 2.05) is 31.1 Å². The summed E-state index contributed by atoms with van der Waals surface area (Å²) in [7, 11) is 3.84. The Bertz CT molecular complexity index is 789. The van der Waals surface area contributed by atoms with E-state index < -0.39 is 0 Å². The molecular formula is C20H26FIN4. The topological polar surface area (TPSA) is 53.6 Å². The first kappa shape index (κ1) is 20.6. The van der Waals surface area contributed by atoms with Gasteiger partial charge in [-0.2, -0.15) is 0 Å². The second-order valence-electron chi connectivity index (χ2n) is 6.83. The summed E-state index contributed by atoms with van der Waals surface area (Å²) in [5, 5.41) is 3.15. The molecule has 0 heterocycles. The van der Waals surface area contributed by atoms with E-state index in [9.17, 15) is 4.39 Å². The van der Waals surface area contributed by atoms with Crippen LogP contribution in [-0.2, 0) is 25.9 Å². The van der Waals surface area contributed by atoms with Gasteiger partial charge in [-0.3, -0.25) is 0 Å². The summed E-state index contributed by atoms with van der Waals surface area (Å²) in [6.45, 7) is 0.983. The van der Waals surface area contributed by atoms with Crippen molar-refractivity contribution in [3.8, 4) is 0 Å². The van der Waals surface area contributed by atoms with Crippen LogP contribution in [0.25, 0.3) is 0 Å². The molecule has 2 aromatic carbocycles. The van der Waals surface area contributed by atoms with Gasteiger partial charge < -0.3 is 16.0 Å². The summed E-state index contributed by atoms with van der Waals surface area (Å²) in [6, 6.07) is 11.4. The first-order chi connectivity index (χ1) is 12.0. The number of rotatable bonds is 5. The van der Waals surface area contributed by atoms with Crippen LogP contribution in [0.15, 0.2) is 41.4 Å². The lowest BCUT2D eigenvalue weighted by Crippen LogP contribution is -2.22. The first-order valence-corrected chi connectivity index (χ1v) is 8.62. The highest BCUT2D eigenvalue weighted by molar-refractivity contribution is 14.0. The quantitative estimate of drug-likeness (QED) is 0.398. The van der Waals surface area contributed by atoms with Crippen LogP contribution in [0.5, 0.6) is 0 Å². The summed E-state index contributed by atoms with van der Waals surface area (Å²) in [5.41, 5.74) is 11.4. The number of nitrogens with one attached hydrogen (secondary N) is 1. The molecule has 0 saturated carbocycles. The normalized spacial score (nSPS) is 13.5. The van der Waals surface area contributed by atoms with Crippen LogP contribution >= 0.6 is 24.0 Å². The molecule has 4 nitrogen and oxygen atoms in total. The van der Waals surface area contributed by atoms with Crippen LogP contribution in [-0.4, -0.2) is 25.0 Å². The van der Waals surface area contributed by atoms with E-state index in [0.717, 1.165) is 17.7 Å². The summed E-state index contributed by atoms with van der Waals surface area (Å²) in [5.74, 6) is 0.182. The molecule has 0 aromatic heterocycles. The molecule has 3 rings (SSSR count). The lowest BCUT2D eigenvalue weighted by Gasteiger charge is -2.12. The molecule has 3 N–H and O–H groups in total. The molecule has 0 unspecified atom stereocenters. The first-order valence-electron chi connectivity index (χ1n) is 8.62.